The zero-order chi connectivity index (χ0) is 25.0. The lowest BCUT2D eigenvalue weighted by molar-refractivity contribution is -0.139. The van der Waals surface area contributed by atoms with Crippen molar-refractivity contribution in [3.63, 3.8) is 0 Å². The zero-order valence-electron chi connectivity index (χ0n) is 20.5. The van der Waals surface area contributed by atoms with Crippen LogP contribution < -0.4 is 5.73 Å². The van der Waals surface area contributed by atoms with Crippen LogP contribution in [0, 0.1) is 11.7 Å². The Labute approximate surface area is 207 Å². The molecule has 1 aliphatic heterocycles. The van der Waals surface area contributed by atoms with E-state index in [4.69, 9.17) is 17.3 Å². The maximum Gasteiger partial charge on any atom is 0.240 e. The van der Waals surface area contributed by atoms with Gasteiger partial charge in [0.05, 0.1) is 11.6 Å². The Balaban J connectivity index is 1.72. The van der Waals surface area contributed by atoms with Gasteiger partial charge in [-0.1, -0.05) is 56.3 Å². The van der Waals surface area contributed by atoms with Crippen molar-refractivity contribution in [3.05, 3.63) is 89.0 Å². The molecule has 34 heavy (non-hydrogen) atoms. The lowest BCUT2D eigenvalue weighted by Crippen LogP contribution is -2.61. The van der Waals surface area contributed by atoms with Crippen LogP contribution in [0.1, 0.15) is 45.2 Å². The van der Waals surface area contributed by atoms with Gasteiger partial charge in [-0.05, 0) is 73.6 Å². The Hall–Kier alpha value is -2.63. The van der Waals surface area contributed by atoms with E-state index in [0.717, 1.165) is 22.4 Å². The third-order valence-electron chi connectivity index (χ3n) is 6.63. The number of hydrogen-bond donors (Lipinski definition) is 1. The topological polar surface area (TPSA) is 49.6 Å². The predicted molar refractivity (Wildman–Crippen MR) is 139 cm³/mol. The summed E-state index contributed by atoms with van der Waals surface area (Å²) in [5.41, 5.74) is 9.75. The SMILES string of the molecule is C=C1N(/C=C(/c2ccc(F)cc2)C(C)C)CCN(C(=O)C(N)CCc2ccc(Cl)cc2)C1(C)C. The predicted octanol–water partition coefficient (Wildman–Crippen LogP) is 5.87. The van der Waals surface area contributed by atoms with E-state index in [1.807, 2.05) is 43.0 Å². The Kier molecular flexibility index (Phi) is 8.21. The van der Waals surface area contributed by atoms with Gasteiger partial charge in [0.25, 0.3) is 0 Å². The summed E-state index contributed by atoms with van der Waals surface area (Å²) in [5.74, 6) is -0.0781. The summed E-state index contributed by atoms with van der Waals surface area (Å²) in [6.45, 7) is 13.7. The second kappa shape index (κ2) is 10.7. The second-order valence-corrected chi connectivity index (χ2v) is 10.1. The number of benzene rings is 2. The summed E-state index contributed by atoms with van der Waals surface area (Å²) >= 11 is 5.96. The van der Waals surface area contributed by atoms with Crippen LogP contribution in [0.2, 0.25) is 5.02 Å². The number of carbonyl (C=O) groups excluding carboxylic acids is 1. The molecule has 1 aliphatic rings. The van der Waals surface area contributed by atoms with Gasteiger partial charge < -0.3 is 15.5 Å². The van der Waals surface area contributed by atoms with Gasteiger partial charge in [0.2, 0.25) is 5.91 Å². The molecule has 4 nitrogen and oxygen atoms in total. The Morgan fingerprint density at radius 3 is 2.35 bits per heavy atom. The minimum Gasteiger partial charge on any atom is -0.348 e. The standard InChI is InChI=1S/C28H35ClFN3O/c1-19(2)25(22-9-13-24(30)14-10-22)18-32-16-17-33(28(4,5)20(32)3)27(34)26(31)15-8-21-6-11-23(29)12-7-21/h6-7,9-14,18-19,26H,3,8,15-17,31H2,1-2,4-5H3/b25-18+. The van der Waals surface area contributed by atoms with Gasteiger partial charge in [-0.2, -0.15) is 0 Å². The highest BCUT2D eigenvalue weighted by Gasteiger charge is 2.40. The van der Waals surface area contributed by atoms with E-state index in [9.17, 15) is 9.18 Å². The van der Waals surface area contributed by atoms with Gasteiger partial charge in [0.15, 0.2) is 0 Å². The number of amides is 1. The van der Waals surface area contributed by atoms with E-state index in [2.05, 4.69) is 31.5 Å². The number of allylic oxidation sites excluding steroid dienone is 1. The van der Waals surface area contributed by atoms with Gasteiger partial charge in [-0.15, -0.1) is 0 Å². The number of hydrogen-bond acceptors (Lipinski definition) is 3. The molecule has 3 rings (SSSR count). The largest absolute Gasteiger partial charge is 0.348 e. The summed E-state index contributed by atoms with van der Waals surface area (Å²) in [4.78, 5) is 17.3. The van der Waals surface area contributed by atoms with Crippen molar-refractivity contribution in [2.45, 2.75) is 52.1 Å². The zero-order valence-corrected chi connectivity index (χ0v) is 21.3. The molecule has 2 aromatic carbocycles. The molecule has 1 unspecified atom stereocenters. The number of nitrogens with two attached hydrogens (primary N) is 1. The van der Waals surface area contributed by atoms with Crippen molar-refractivity contribution < 1.29 is 9.18 Å². The molecule has 0 saturated carbocycles. The van der Waals surface area contributed by atoms with Gasteiger partial charge in [-0.25, -0.2) is 4.39 Å². The Morgan fingerprint density at radius 1 is 1.15 bits per heavy atom. The van der Waals surface area contributed by atoms with Gasteiger partial charge in [0.1, 0.15) is 5.82 Å². The lowest BCUT2D eigenvalue weighted by atomic mass is 9.91. The molecule has 1 heterocycles. The average molecular weight is 484 g/mol. The van der Waals surface area contributed by atoms with Crippen molar-refractivity contribution in [1.82, 2.24) is 9.80 Å². The first-order valence-electron chi connectivity index (χ1n) is 11.8. The minimum atomic E-state index is -0.589. The quantitative estimate of drug-likeness (QED) is 0.535. The van der Waals surface area contributed by atoms with E-state index in [1.54, 1.807) is 12.1 Å². The summed E-state index contributed by atoms with van der Waals surface area (Å²) < 4.78 is 13.4. The molecule has 0 aliphatic carbocycles. The third kappa shape index (κ3) is 5.89. The number of piperazine rings is 1. The first-order valence-corrected chi connectivity index (χ1v) is 12.1. The number of carbonyl (C=O) groups is 1. The highest BCUT2D eigenvalue weighted by Crippen LogP contribution is 2.33. The molecule has 0 spiro atoms. The summed E-state index contributed by atoms with van der Waals surface area (Å²) in [6, 6.07) is 13.6. The van der Waals surface area contributed by atoms with E-state index in [0.29, 0.717) is 31.0 Å². The fourth-order valence-electron chi connectivity index (χ4n) is 4.32. The average Bonchev–Trinajstić information content (AvgIpc) is 2.79. The van der Waals surface area contributed by atoms with Crippen molar-refractivity contribution in [2.75, 3.05) is 13.1 Å². The fourth-order valence-corrected chi connectivity index (χ4v) is 4.45. The maximum atomic E-state index is 13.4. The molecule has 1 atom stereocenters. The van der Waals surface area contributed by atoms with E-state index < -0.39 is 11.6 Å². The summed E-state index contributed by atoms with van der Waals surface area (Å²) in [5, 5.41) is 0.691. The van der Waals surface area contributed by atoms with E-state index in [1.165, 1.54) is 12.1 Å². The van der Waals surface area contributed by atoms with E-state index in [-0.39, 0.29) is 17.6 Å². The van der Waals surface area contributed by atoms with Crippen molar-refractivity contribution in [3.8, 4) is 0 Å². The lowest BCUT2D eigenvalue weighted by Gasteiger charge is -2.49. The molecule has 0 bridgehead atoms. The number of aryl methyl sites for hydroxylation is 1. The molecular weight excluding hydrogens is 449 g/mol. The molecule has 0 radical (unpaired) electrons. The van der Waals surface area contributed by atoms with Crippen LogP contribution in [0.3, 0.4) is 0 Å². The minimum absolute atomic E-state index is 0.0636. The second-order valence-electron chi connectivity index (χ2n) is 9.71. The van der Waals surface area contributed by atoms with Gasteiger partial charge in [0, 0.05) is 30.0 Å². The molecular formula is C28H35ClFN3O. The Morgan fingerprint density at radius 2 is 1.76 bits per heavy atom. The number of halogens is 2. The van der Waals surface area contributed by atoms with Gasteiger partial charge >= 0.3 is 0 Å². The monoisotopic (exact) mass is 483 g/mol. The van der Waals surface area contributed by atoms with Crippen LogP contribution in [-0.4, -0.2) is 40.4 Å². The first kappa shape index (κ1) is 26.0. The maximum absolute atomic E-state index is 13.4. The van der Waals surface area contributed by atoms with Crippen LogP contribution >= 0.6 is 11.6 Å². The molecule has 2 aromatic rings. The van der Waals surface area contributed by atoms with Crippen LogP contribution in [0.25, 0.3) is 5.57 Å². The van der Waals surface area contributed by atoms with Crippen LogP contribution in [0.4, 0.5) is 4.39 Å². The van der Waals surface area contributed by atoms with Gasteiger partial charge in [-0.3, -0.25) is 4.79 Å². The summed E-state index contributed by atoms with van der Waals surface area (Å²) in [7, 11) is 0. The molecule has 2 N–H and O–H groups in total. The summed E-state index contributed by atoms with van der Waals surface area (Å²) in [6.07, 6.45) is 3.36. The molecule has 1 fully saturated rings. The Bertz CT molecular complexity index is 1040. The highest BCUT2D eigenvalue weighted by atomic mass is 35.5. The van der Waals surface area contributed by atoms with Crippen LogP contribution in [0.5, 0.6) is 0 Å². The van der Waals surface area contributed by atoms with E-state index >= 15 is 0 Å². The molecule has 0 aromatic heterocycles. The van der Waals surface area contributed by atoms with Crippen LogP contribution in [0.15, 0.2) is 67.0 Å². The number of nitrogens with zero attached hydrogens (tertiary/aromatic N) is 2. The highest BCUT2D eigenvalue weighted by molar-refractivity contribution is 6.30. The van der Waals surface area contributed by atoms with Crippen molar-refractivity contribution >= 4 is 23.1 Å². The smallest absolute Gasteiger partial charge is 0.240 e. The normalized spacial score (nSPS) is 17.3. The number of rotatable bonds is 7. The molecule has 1 saturated heterocycles. The molecule has 182 valence electrons. The van der Waals surface area contributed by atoms with Crippen molar-refractivity contribution in [2.24, 2.45) is 11.7 Å². The first-order chi connectivity index (χ1) is 16.0. The third-order valence-corrected chi connectivity index (χ3v) is 6.88. The van der Waals surface area contributed by atoms with Crippen molar-refractivity contribution in [1.29, 1.82) is 0 Å². The molecule has 6 heteroatoms. The fraction of sp³-hybridized carbons (Fsp3) is 0.393. The van der Waals surface area contributed by atoms with Crippen LogP contribution in [-0.2, 0) is 11.2 Å². The molecule has 1 amide bonds.